The summed E-state index contributed by atoms with van der Waals surface area (Å²) in [7, 11) is 1.88. The molecule has 0 radical (unpaired) electrons. The van der Waals surface area contributed by atoms with E-state index in [-0.39, 0.29) is 11.7 Å². The molecule has 3 rings (SSSR count). The van der Waals surface area contributed by atoms with Gasteiger partial charge < -0.3 is 14.6 Å². The first-order valence-corrected chi connectivity index (χ1v) is 10.2. The number of aromatic nitrogens is 3. The summed E-state index contributed by atoms with van der Waals surface area (Å²) >= 11 is 7.42. The first kappa shape index (κ1) is 20.2. The van der Waals surface area contributed by atoms with Crippen molar-refractivity contribution in [1.29, 1.82) is 0 Å². The average Bonchev–Trinajstić information content (AvgIpc) is 3.05. The maximum atomic E-state index is 12.3. The van der Waals surface area contributed by atoms with Gasteiger partial charge in [0.1, 0.15) is 5.75 Å². The van der Waals surface area contributed by atoms with Crippen molar-refractivity contribution in [1.82, 2.24) is 14.8 Å². The molecule has 146 valence electrons. The number of benzene rings is 2. The zero-order chi connectivity index (χ0) is 20.1. The number of thioether (sulfide) groups is 1. The zero-order valence-corrected chi connectivity index (χ0v) is 17.5. The molecular weight excluding hydrogens is 396 g/mol. The lowest BCUT2D eigenvalue weighted by molar-refractivity contribution is -0.113. The number of rotatable bonds is 7. The van der Waals surface area contributed by atoms with E-state index < -0.39 is 0 Å². The minimum atomic E-state index is -0.127. The molecule has 0 bridgehead atoms. The van der Waals surface area contributed by atoms with Crippen LogP contribution in [0.3, 0.4) is 0 Å². The molecule has 0 spiro atoms. The Balaban J connectivity index is 1.67. The number of hydrogen-bond acceptors (Lipinski definition) is 5. The number of halogens is 1. The van der Waals surface area contributed by atoms with Crippen molar-refractivity contribution < 1.29 is 9.53 Å². The molecule has 8 heteroatoms. The van der Waals surface area contributed by atoms with Gasteiger partial charge in [-0.15, -0.1) is 10.2 Å². The lowest BCUT2D eigenvalue weighted by Crippen LogP contribution is -2.15. The molecule has 0 fully saturated rings. The fourth-order valence-electron chi connectivity index (χ4n) is 2.64. The van der Waals surface area contributed by atoms with E-state index in [9.17, 15) is 4.79 Å². The highest BCUT2D eigenvalue weighted by molar-refractivity contribution is 7.99. The molecular formula is C20H21ClN4O2S. The number of ether oxygens (including phenoxy) is 1. The van der Waals surface area contributed by atoms with E-state index in [1.54, 1.807) is 6.07 Å². The van der Waals surface area contributed by atoms with Crippen molar-refractivity contribution in [3.8, 4) is 17.1 Å². The van der Waals surface area contributed by atoms with Gasteiger partial charge in [0.05, 0.1) is 12.4 Å². The van der Waals surface area contributed by atoms with Gasteiger partial charge in [0.15, 0.2) is 11.0 Å². The number of hydrogen-bond donors (Lipinski definition) is 1. The number of nitrogens with zero attached hydrogens (tertiary/aromatic N) is 3. The highest BCUT2D eigenvalue weighted by Gasteiger charge is 2.14. The number of anilines is 1. The second-order valence-corrected chi connectivity index (χ2v) is 7.42. The molecule has 1 aromatic heterocycles. The summed E-state index contributed by atoms with van der Waals surface area (Å²) < 4.78 is 7.41. The Morgan fingerprint density at radius 2 is 2.04 bits per heavy atom. The number of amides is 1. The second kappa shape index (κ2) is 9.12. The van der Waals surface area contributed by atoms with E-state index in [2.05, 4.69) is 15.5 Å². The van der Waals surface area contributed by atoms with Crippen molar-refractivity contribution in [3.05, 3.63) is 53.1 Å². The van der Waals surface area contributed by atoms with Crippen molar-refractivity contribution in [3.63, 3.8) is 0 Å². The fraction of sp³-hybridized carbons (Fsp3) is 0.250. The molecule has 0 saturated heterocycles. The lowest BCUT2D eigenvalue weighted by Gasteiger charge is -2.09. The summed E-state index contributed by atoms with van der Waals surface area (Å²) in [6, 6.07) is 13.1. The van der Waals surface area contributed by atoms with Crippen LogP contribution in [-0.2, 0) is 11.8 Å². The topological polar surface area (TPSA) is 69.0 Å². The second-order valence-electron chi connectivity index (χ2n) is 6.08. The summed E-state index contributed by atoms with van der Waals surface area (Å²) in [5, 5.41) is 12.6. The zero-order valence-electron chi connectivity index (χ0n) is 15.9. The van der Waals surface area contributed by atoms with Crippen LogP contribution in [0.15, 0.2) is 47.6 Å². The lowest BCUT2D eigenvalue weighted by atomic mass is 10.2. The van der Waals surface area contributed by atoms with Crippen LogP contribution in [0.1, 0.15) is 12.5 Å². The number of carbonyl (C=O) groups is 1. The standard InChI is InChI=1S/C20H21ClN4O2S/c1-4-27-15-8-5-7-14(11-15)19-23-24-20(25(19)3)28-12-18(26)22-17-10-6-9-16(21)13(17)2/h5-11H,4,12H2,1-3H3,(H,22,26). The van der Waals surface area contributed by atoms with Crippen LogP contribution in [0.4, 0.5) is 5.69 Å². The Morgan fingerprint density at radius 3 is 2.82 bits per heavy atom. The number of carbonyl (C=O) groups excluding carboxylic acids is 1. The van der Waals surface area contributed by atoms with E-state index >= 15 is 0 Å². The Morgan fingerprint density at radius 1 is 1.25 bits per heavy atom. The maximum absolute atomic E-state index is 12.3. The monoisotopic (exact) mass is 416 g/mol. The van der Waals surface area contributed by atoms with Crippen molar-refractivity contribution >= 4 is 35.0 Å². The third kappa shape index (κ3) is 4.66. The van der Waals surface area contributed by atoms with Gasteiger partial charge in [-0.05, 0) is 43.7 Å². The maximum Gasteiger partial charge on any atom is 0.234 e. The molecule has 0 aliphatic heterocycles. The van der Waals surface area contributed by atoms with Crippen LogP contribution >= 0.6 is 23.4 Å². The molecule has 1 N–H and O–H groups in total. The van der Waals surface area contributed by atoms with E-state index in [4.69, 9.17) is 16.3 Å². The summed E-state index contributed by atoms with van der Waals surface area (Å²) in [4.78, 5) is 12.3. The molecule has 0 atom stereocenters. The smallest absolute Gasteiger partial charge is 0.234 e. The van der Waals surface area contributed by atoms with Gasteiger partial charge in [-0.1, -0.05) is 41.6 Å². The summed E-state index contributed by atoms with van der Waals surface area (Å²) in [6.45, 7) is 4.42. The quantitative estimate of drug-likeness (QED) is 0.571. The summed E-state index contributed by atoms with van der Waals surface area (Å²) in [6.07, 6.45) is 0. The van der Waals surface area contributed by atoms with Crippen LogP contribution in [0.25, 0.3) is 11.4 Å². The first-order valence-electron chi connectivity index (χ1n) is 8.80. The molecule has 6 nitrogen and oxygen atoms in total. The first-order chi connectivity index (χ1) is 13.5. The Hall–Kier alpha value is -2.51. The van der Waals surface area contributed by atoms with Crippen LogP contribution < -0.4 is 10.1 Å². The molecule has 0 aliphatic rings. The SMILES string of the molecule is CCOc1cccc(-c2nnc(SCC(=O)Nc3cccc(Cl)c3C)n2C)c1. The van der Waals surface area contributed by atoms with Crippen LogP contribution in [0, 0.1) is 6.92 Å². The van der Waals surface area contributed by atoms with Crippen molar-refractivity contribution in [2.45, 2.75) is 19.0 Å². The van der Waals surface area contributed by atoms with Crippen molar-refractivity contribution in [2.24, 2.45) is 7.05 Å². The molecule has 28 heavy (non-hydrogen) atoms. The van der Waals surface area contributed by atoms with E-state index in [0.717, 1.165) is 22.7 Å². The summed E-state index contributed by atoms with van der Waals surface area (Å²) in [5.74, 6) is 1.60. The summed E-state index contributed by atoms with van der Waals surface area (Å²) in [5.41, 5.74) is 2.47. The normalized spacial score (nSPS) is 10.7. The van der Waals surface area contributed by atoms with Gasteiger partial charge in [0.2, 0.25) is 5.91 Å². The van der Waals surface area contributed by atoms with Gasteiger partial charge in [0.25, 0.3) is 0 Å². The van der Waals surface area contributed by atoms with E-state index in [0.29, 0.717) is 22.5 Å². The Kier molecular flexibility index (Phi) is 6.59. The fourth-order valence-corrected chi connectivity index (χ4v) is 3.53. The Bertz CT molecular complexity index is 990. The van der Waals surface area contributed by atoms with Crippen molar-refractivity contribution in [2.75, 3.05) is 17.7 Å². The highest BCUT2D eigenvalue weighted by atomic mass is 35.5. The van der Waals surface area contributed by atoms with Gasteiger partial charge in [0, 0.05) is 23.3 Å². The highest BCUT2D eigenvalue weighted by Crippen LogP contribution is 2.26. The third-order valence-corrected chi connectivity index (χ3v) is 5.54. The largest absolute Gasteiger partial charge is 0.494 e. The molecule has 0 aliphatic carbocycles. The van der Waals surface area contributed by atoms with E-state index in [1.165, 1.54) is 11.8 Å². The molecule has 2 aromatic carbocycles. The molecule has 3 aromatic rings. The molecule has 0 saturated carbocycles. The minimum Gasteiger partial charge on any atom is -0.494 e. The predicted molar refractivity (Wildman–Crippen MR) is 113 cm³/mol. The average molecular weight is 417 g/mol. The molecule has 1 heterocycles. The Labute approximate surface area is 173 Å². The van der Waals surface area contributed by atoms with Gasteiger partial charge in [-0.3, -0.25) is 4.79 Å². The van der Waals surface area contributed by atoms with Crippen LogP contribution in [0.5, 0.6) is 5.75 Å². The van der Waals surface area contributed by atoms with Gasteiger partial charge in [-0.2, -0.15) is 0 Å². The van der Waals surface area contributed by atoms with Crippen LogP contribution in [0.2, 0.25) is 5.02 Å². The number of nitrogens with one attached hydrogen (secondary N) is 1. The predicted octanol–water partition coefficient (Wildman–Crippen LogP) is 4.57. The van der Waals surface area contributed by atoms with Gasteiger partial charge in [-0.25, -0.2) is 0 Å². The van der Waals surface area contributed by atoms with Crippen LogP contribution in [-0.4, -0.2) is 33.0 Å². The molecule has 1 amide bonds. The molecule has 0 unspecified atom stereocenters. The minimum absolute atomic E-state index is 0.127. The van der Waals surface area contributed by atoms with E-state index in [1.807, 2.05) is 61.9 Å². The third-order valence-electron chi connectivity index (χ3n) is 4.11. The van der Waals surface area contributed by atoms with Gasteiger partial charge >= 0.3 is 0 Å².